The van der Waals surface area contributed by atoms with E-state index in [4.69, 9.17) is 4.74 Å². The molecule has 1 aliphatic carbocycles. The van der Waals surface area contributed by atoms with Crippen LogP contribution in [0, 0.1) is 0 Å². The fourth-order valence-electron chi connectivity index (χ4n) is 5.48. The van der Waals surface area contributed by atoms with Crippen LogP contribution in [0.3, 0.4) is 0 Å². The van der Waals surface area contributed by atoms with Gasteiger partial charge in [0, 0.05) is 6.42 Å². The van der Waals surface area contributed by atoms with Gasteiger partial charge in [-0.05, 0) is 66.2 Å². The summed E-state index contributed by atoms with van der Waals surface area (Å²) in [5, 5.41) is 20.4. The van der Waals surface area contributed by atoms with Crippen molar-refractivity contribution in [2.24, 2.45) is 0 Å². The summed E-state index contributed by atoms with van der Waals surface area (Å²) in [5.74, 6) is 0.706. The van der Waals surface area contributed by atoms with Crippen LogP contribution in [-0.4, -0.2) is 28.2 Å². The second kappa shape index (κ2) is 12.7. The maximum atomic E-state index is 11.9. The highest BCUT2D eigenvalue weighted by Gasteiger charge is 2.37. The molecule has 0 saturated heterocycles. The highest BCUT2D eigenvalue weighted by atomic mass is 16.5. The van der Waals surface area contributed by atoms with E-state index in [1.54, 1.807) is 0 Å². The van der Waals surface area contributed by atoms with E-state index in [-0.39, 0.29) is 23.5 Å². The van der Waals surface area contributed by atoms with E-state index >= 15 is 0 Å². The van der Waals surface area contributed by atoms with Gasteiger partial charge in [0.05, 0.1) is 5.60 Å². The number of aliphatic hydroxyl groups is 2. The average molecular weight is 481 g/mol. The largest absolute Gasteiger partial charge is 0.489 e. The smallest absolute Gasteiger partial charge is 0.161 e. The van der Waals surface area contributed by atoms with Gasteiger partial charge in [-0.25, -0.2) is 0 Å². The number of carbonyl (C=O) groups excluding carboxylic acids is 1. The number of rotatable bonds is 13. The summed E-state index contributed by atoms with van der Waals surface area (Å²) in [6, 6.07) is 16.8. The molecule has 4 nitrogen and oxygen atoms in total. The molecule has 35 heavy (non-hydrogen) atoms. The summed E-state index contributed by atoms with van der Waals surface area (Å²) < 4.78 is 6.44. The average Bonchev–Trinajstić information content (AvgIpc) is 2.85. The zero-order valence-corrected chi connectivity index (χ0v) is 21.9. The summed E-state index contributed by atoms with van der Waals surface area (Å²) in [6.45, 7) is 6.85. The summed E-state index contributed by atoms with van der Waals surface area (Å²) in [7, 11) is 0. The maximum Gasteiger partial charge on any atom is 0.161 e. The molecular formula is C31H44O4. The number of ketones is 1. The van der Waals surface area contributed by atoms with E-state index in [0.717, 1.165) is 36.1 Å². The number of aliphatic hydroxyl groups excluding tert-OH is 1. The van der Waals surface area contributed by atoms with Gasteiger partial charge in [-0.3, -0.25) is 4.79 Å². The molecule has 2 unspecified atom stereocenters. The Balaban J connectivity index is 1.85. The van der Waals surface area contributed by atoms with Crippen molar-refractivity contribution in [3.05, 3.63) is 65.2 Å². The van der Waals surface area contributed by atoms with Crippen LogP contribution in [0.4, 0.5) is 0 Å². The lowest BCUT2D eigenvalue weighted by atomic mass is 9.72. The predicted octanol–water partition coefficient (Wildman–Crippen LogP) is 6.85. The fourth-order valence-corrected chi connectivity index (χ4v) is 5.48. The van der Waals surface area contributed by atoms with Gasteiger partial charge in [0.15, 0.2) is 5.78 Å². The number of Topliss-reactive ketones (excluding diaryl/α,β-unsaturated/α-hetero) is 1. The molecule has 2 N–H and O–H groups in total. The van der Waals surface area contributed by atoms with Crippen molar-refractivity contribution in [3.8, 4) is 5.75 Å². The Kier molecular flexibility index (Phi) is 9.94. The molecule has 3 rings (SSSR count). The molecular weight excluding hydrogens is 436 g/mol. The molecule has 192 valence electrons. The zero-order chi connectivity index (χ0) is 25.3. The SMILES string of the molecule is CCCCCCC(C)(C)c1ccc(C2CCCC(O)(CC(=O)CO)C2)c(OCc2ccccc2)c1. The van der Waals surface area contributed by atoms with E-state index in [1.807, 2.05) is 18.2 Å². The van der Waals surface area contributed by atoms with Crippen LogP contribution in [0.1, 0.15) is 108 Å². The van der Waals surface area contributed by atoms with Gasteiger partial charge in [-0.2, -0.15) is 0 Å². The second-order valence-corrected chi connectivity index (χ2v) is 11.1. The van der Waals surface area contributed by atoms with Crippen LogP contribution in [0.2, 0.25) is 0 Å². The molecule has 0 bridgehead atoms. The third kappa shape index (κ3) is 7.91. The quantitative estimate of drug-likeness (QED) is 0.308. The molecule has 0 aromatic heterocycles. The molecule has 0 radical (unpaired) electrons. The lowest BCUT2D eigenvalue weighted by molar-refractivity contribution is -0.128. The highest BCUT2D eigenvalue weighted by molar-refractivity contribution is 5.80. The zero-order valence-electron chi connectivity index (χ0n) is 21.9. The lowest BCUT2D eigenvalue weighted by Crippen LogP contribution is -2.37. The minimum Gasteiger partial charge on any atom is -0.489 e. The number of ether oxygens (including phenoxy) is 1. The van der Waals surface area contributed by atoms with Gasteiger partial charge >= 0.3 is 0 Å². The third-order valence-electron chi connectivity index (χ3n) is 7.65. The Morgan fingerprint density at radius 1 is 1.11 bits per heavy atom. The van der Waals surface area contributed by atoms with Crippen molar-refractivity contribution < 1.29 is 19.7 Å². The Hall–Kier alpha value is -2.17. The number of carbonyl (C=O) groups is 1. The molecule has 2 aromatic rings. The summed E-state index contributed by atoms with van der Waals surface area (Å²) in [5.41, 5.74) is 2.51. The number of hydrogen-bond acceptors (Lipinski definition) is 4. The van der Waals surface area contributed by atoms with Crippen LogP contribution >= 0.6 is 0 Å². The van der Waals surface area contributed by atoms with Gasteiger partial charge < -0.3 is 14.9 Å². The molecule has 1 aliphatic rings. The monoisotopic (exact) mass is 480 g/mol. The van der Waals surface area contributed by atoms with Crippen LogP contribution in [-0.2, 0) is 16.8 Å². The van der Waals surface area contributed by atoms with Crippen molar-refractivity contribution in [2.45, 2.75) is 109 Å². The van der Waals surface area contributed by atoms with Gasteiger partial charge in [-0.15, -0.1) is 0 Å². The normalized spacial score (nSPS) is 20.5. The molecule has 0 spiro atoms. The third-order valence-corrected chi connectivity index (χ3v) is 7.65. The maximum absolute atomic E-state index is 11.9. The van der Waals surface area contributed by atoms with E-state index in [1.165, 1.54) is 31.2 Å². The number of hydrogen-bond donors (Lipinski definition) is 2. The van der Waals surface area contributed by atoms with Crippen molar-refractivity contribution in [3.63, 3.8) is 0 Å². The first-order chi connectivity index (χ1) is 16.8. The van der Waals surface area contributed by atoms with E-state index in [0.29, 0.717) is 19.4 Å². The predicted molar refractivity (Wildman–Crippen MR) is 142 cm³/mol. The molecule has 0 heterocycles. The number of benzene rings is 2. The van der Waals surface area contributed by atoms with Gasteiger partial charge in [-0.1, -0.05) is 88.9 Å². The first-order valence-electron chi connectivity index (χ1n) is 13.4. The van der Waals surface area contributed by atoms with E-state index in [2.05, 4.69) is 51.1 Å². The molecule has 4 heteroatoms. The lowest BCUT2D eigenvalue weighted by Gasteiger charge is -2.37. The minimum atomic E-state index is -1.06. The molecule has 2 atom stereocenters. The fraction of sp³-hybridized carbons (Fsp3) is 0.581. The van der Waals surface area contributed by atoms with Crippen LogP contribution in [0.25, 0.3) is 0 Å². The summed E-state index contributed by atoms with van der Waals surface area (Å²) in [6.07, 6.45) is 9.08. The van der Waals surface area contributed by atoms with Crippen molar-refractivity contribution in [2.75, 3.05) is 6.61 Å². The molecule has 0 aliphatic heterocycles. The van der Waals surface area contributed by atoms with Gasteiger partial charge in [0.1, 0.15) is 19.0 Å². The minimum absolute atomic E-state index is 0.0169. The summed E-state index contributed by atoms with van der Waals surface area (Å²) >= 11 is 0. The molecule has 0 amide bonds. The molecule has 1 saturated carbocycles. The van der Waals surface area contributed by atoms with Crippen molar-refractivity contribution in [1.29, 1.82) is 0 Å². The van der Waals surface area contributed by atoms with Crippen LogP contribution < -0.4 is 4.74 Å². The Labute approximate surface area is 211 Å². The van der Waals surface area contributed by atoms with E-state index in [9.17, 15) is 15.0 Å². The van der Waals surface area contributed by atoms with Crippen LogP contribution in [0.15, 0.2) is 48.5 Å². The molecule has 2 aromatic carbocycles. The first-order valence-corrected chi connectivity index (χ1v) is 13.4. The Bertz CT molecular complexity index is 936. The Morgan fingerprint density at radius 3 is 2.60 bits per heavy atom. The van der Waals surface area contributed by atoms with E-state index < -0.39 is 12.2 Å². The number of unbranched alkanes of at least 4 members (excludes halogenated alkanes) is 3. The van der Waals surface area contributed by atoms with Gasteiger partial charge in [0.25, 0.3) is 0 Å². The molecule has 1 fully saturated rings. The summed E-state index contributed by atoms with van der Waals surface area (Å²) in [4.78, 5) is 11.9. The van der Waals surface area contributed by atoms with Crippen LogP contribution in [0.5, 0.6) is 5.75 Å². The first kappa shape index (κ1) is 27.4. The van der Waals surface area contributed by atoms with Crippen molar-refractivity contribution >= 4 is 5.78 Å². The van der Waals surface area contributed by atoms with Crippen molar-refractivity contribution in [1.82, 2.24) is 0 Å². The topological polar surface area (TPSA) is 66.8 Å². The van der Waals surface area contributed by atoms with Gasteiger partial charge in [0.2, 0.25) is 0 Å². The standard InChI is InChI=1S/C31H44O4/c1-4-5-6-10-17-30(2,3)26-15-16-28(29(19-26)35-23-24-12-8-7-9-13-24)25-14-11-18-31(34,20-25)21-27(33)22-32/h7-9,12-13,15-16,19,25,32,34H,4-6,10-11,14,17-18,20-23H2,1-3H3. The Morgan fingerprint density at radius 2 is 1.89 bits per heavy atom. The highest BCUT2D eigenvalue weighted by Crippen LogP contribution is 2.44. The second-order valence-electron chi connectivity index (χ2n) is 11.1.